The van der Waals surface area contributed by atoms with Gasteiger partial charge in [-0.1, -0.05) is 6.07 Å². The van der Waals surface area contributed by atoms with E-state index in [9.17, 15) is 34.9 Å². The number of nitrogens with one attached hydrogen (secondary N) is 1. The van der Waals surface area contributed by atoms with Gasteiger partial charge < -0.3 is 15.2 Å². The predicted molar refractivity (Wildman–Crippen MR) is 136 cm³/mol. The van der Waals surface area contributed by atoms with Crippen LogP contribution in [-0.2, 0) is 34.5 Å². The van der Waals surface area contributed by atoms with E-state index in [1.807, 2.05) is 0 Å². The lowest BCUT2D eigenvalue weighted by atomic mass is 10.0. The van der Waals surface area contributed by atoms with E-state index in [-0.39, 0.29) is 27.1 Å². The van der Waals surface area contributed by atoms with Gasteiger partial charge in [-0.05, 0) is 48.2 Å². The van der Waals surface area contributed by atoms with Crippen molar-refractivity contribution in [3.8, 4) is 11.5 Å². The van der Waals surface area contributed by atoms with E-state index in [1.54, 1.807) is 26.1 Å². The summed E-state index contributed by atoms with van der Waals surface area (Å²) in [7, 11) is -11.1. The van der Waals surface area contributed by atoms with Crippen LogP contribution in [0.25, 0.3) is 10.8 Å². The second-order valence-electron chi connectivity index (χ2n) is 7.81. The summed E-state index contributed by atoms with van der Waals surface area (Å²) in [6.45, 7) is 0.889. The Kier molecular flexibility index (Phi) is 8.30. The molecule has 4 N–H and O–H groups in total. The van der Waals surface area contributed by atoms with Gasteiger partial charge in [0.2, 0.25) is 0 Å². The third-order valence-corrected chi connectivity index (χ3v) is 8.20. The molecule has 3 aromatic carbocycles. The van der Waals surface area contributed by atoms with Crippen molar-refractivity contribution in [3.05, 3.63) is 42.0 Å². The van der Waals surface area contributed by atoms with E-state index in [4.69, 9.17) is 9.29 Å². The van der Waals surface area contributed by atoms with Crippen LogP contribution in [0.3, 0.4) is 0 Å². The highest BCUT2D eigenvalue weighted by Crippen LogP contribution is 2.45. The van der Waals surface area contributed by atoms with Crippen molar-refractivity contribution < 1.29 is 48.4 Å². The number of aromatic hydroxyl groups is 1. The topological polar surface area (TPSA) is 218 Å². The van der Waals surface area contributed by atoms with Crippen LogP contribution in [0.2, 0.25) is 0 Å². The Balaban J connectivity index is 2.16. The molecule has 0 spiro atoms. The molecule has 0 aliphatic heterocycles. The molecule has 14 nitrogen and oxygen atoms in total. The molecule has 0 radical (unpaired) electrons. The van der Waals surface area contributed by atoms with Crippen LogP contribution >= 0.6 is 0 Å². The molecule has 38 heavy (non-hydrogen) atoms. The third kappa shape index (κ3) is 6.55. The Labute approximate surface area is 218 Å². The number of phenols is 1. The largest absolute Gasteiger partial charge is 0.505 e. The summed E-state index contributed by atoms with van der Waals surface area (Å²) in [5.41, 5.74) is 0.357. The molecular formula is C21H23N3O11S3. The lowest BCUT2D eigenvalue weighted by Crippen LogP contribution is -2.15. The summed E-state index contributed by atoms with van der Waals surface area (Å²) in [6.07, 6.45) is 0. The number of rotatable bonds is 10. The molecule has 0 bridgehead atoms. The smallest absolute Gasteiger partial charge is 0.397 e. The normalized spacial score (nSPS) is 12.8. The number of sulfone groups is 1. The monoisotopic (exact) mass is 589 g/mol. The van der Waals surface area contributed by atoms with Gasteiger partial charge in [0, 0.05) is 18.1 Å². The molecule has 3 aromatic rings. The molecule has 0 aliphatic carbocycles. The number of azo groups is 1. The van der Waals surface area contributed by atoms with Crippen molar-refractivity contribution in [2.75, 3.05) is 31.8 Å². The molecule has 17 heteroatoms. The first kappa shape index (κ1) is 29.2. The van der Waals surface area contributed by atoms with Crippen LogP contribution in [0.4, 0.5) is 17.1 Å². The molecule has 0 aromatic heterocycles. The minimum atomic E-state index is -4.90. The summed E-state index contributed by atoms with van der Waals surface area (Å²) in [5.74, 6) is -1.42. The van der Waals surface area contributed by atoms with E-state index >= 15 is 0 Å². The number of ether oxygens (including phenoxy) is 1. The van der Waals surface area contributed by atoms with Gasteiger partial charge in [-0.2, -0.15) is 16.8 Å². The summed E-state index contributed by atoms with van der Waals surface area (Å²) in [5, 5.41) is 22.0. The second-order valence-corrected chi connectivity index (χ2v) is 12.4. The van der Waals surface area contributed by atoms with Gasteiger partial charge in [0.15, 0.2) is 15.6 Å². The number of anilines is 1. The second kappa shape index (κ2) is 10.8. The SMILES string of the molecule is CNc1cc(C)cc2cc(S(=O)(=O)O)c(N=Nc3cc(S(=O)(=O)CCOS(=O)(=O)O)ccc3OC)c(O)c12. The summed E-state index contributed by atoms with van der Waals surface area (Å²) in [6, 6.07) is 7.77. The molecule has 0 amide bonds. The number of fused-ring (bicyclic) bond motifs is 1. The maximum absolute atomic E-state index is 12.6. The summed E-state index contributed by atoms with van der Waals surface area (Å²) >= 11 is 0. The fourth-order valence-electron chi connectivity index (χ4n) is 3.54. The number of hydrogen-bond acceptors (Lipinski definition) is 12. The van der Waals surface area contributed by atoms with Crippen LogP contribution in [0.15, 0.2) is 56.4 Å². The van der Waals surface area contributed by atoms with E-state index in [0.29, 0.717) is 5.69 Å². The average Bonchev–Trinajstić information content (AvgIpc) is 2.80. The molecule has 0 heterocycles. The quantitative estimate of drug-likeness (QED) is 0.198. The Morgan fingerprint density at radius 3 is 2.24 bits per heavy atom. The number of methoxy groups -OCH3 is 1. The zero-order chi connectivity index (χ0) is 28.5. The zero-order valence-corrected chi connectivity index (χ0v) is 22.6. The number of benzene rings is 3. The number of phenolic OH excluding ortho intramolecular Hbond substituents is 1. The van der Waals surface area contributed by atoms with Crippen LogP contribution in [0, 0.1) is 6.92 Å². The lowest BCUT2D eigenvalue weighted by Gasteiger charge is -2.13. The Morgan fingerprint density at radius 1 is 0.974 bits per heavy atom. The fraction of sp³-hybridized carbons (Fsp3) is 0.238. The van der Waals surface area contributed by atoms with Gasteiger partial charge in [0.05, 0.1) is 24.4 Å². The molecule has 0 fully saturated rings. The van der Waals surface area contributed by atoms with Crippen molar-refractivity contribution in [1.29, 1.82) is 0 Å². The van der Waals surface area contributed by atoms with Crippen LogP contribution in [0.5, 0.6) is 11.5 Å². The van der Waals surface area contributed by atoms with Crippen molar-refractivity contribution in [2.45, 2.75) is 16.7 Å². The molecule has 3 rings (SSSR count). The Morgan fingerprint density at radius 2 is 1.66 bits per heavy atom. The molecular weight excluding hydrogens is 566 g/mol. The molecule has 206 valence electrons. The standard InChI is InChI=1S/C21H23N3O11S3/c1-12-8-13-10-18(37(28,29)30)20(21(25)19(13)16(9-12)22-2)24-23-15-11-14(4-5-17(15)34-3)36(26,27)7-6-35-38(31,32)33/h4-5,8-11,22,25H,6-7H2,1-3H3,(H,28,29,30)(H,31,32,33). The first-order chi connectivity index (χ1) is 17.6. The van der Waals surface area contributed by atoms with E-state index < -0.39 is 59.0 Å². The maximum atomic E-state index is 12.6. The predicted octanol–water partition coefficient (Wildman–Crippen LogP) is 3.16. The third-order valence-electron chi connectivity index (χ3n) is 5.19. The van der Waals surface area contributed by atoms with Gasteiger partial charge in [-0.15, -0.1) is 10.2 Å². The molecule has 0 aliphatic rings. The number of aryl methyl sites for hydroxylation is 1. The van der Waals surface area contributed by atoms with Crippen molar-refractivity contribution in [2.24, 2.45) is 10.2 Å². The highest BCUT2D eigenvalue weighted by atomic mass is 32.3. The first-order valence-corrected chi connectivity index (χ1v) is 14.9. The van der Waals surface area contributed by atoms with Crippen LogP contribution in [0.1, 0.15) is 5.56 Å². The number of nitrogens with zero attached hydrogens (tertiary/aromatic N) is 2. The van der Waals surface area contributed by atoms with Crippen LogP contribution in [-0.4, -0.2) is 66.0 Å². The highest BCUT2D eigenvalue weighted by molar-refractivity contribution is 7.91. The van der Waals surface area contributed by atoms with Gasteiger partial charge in [0.1, 0.15) is 22.0 Å². The minimum Gasteiger partial charge on any atom is -0.505 e. The number of hydrogen-bond donors (Lipinski definition) is 4. The molecule has 0 saturated heterocycles. The first-order valence-electron chi connectivity index (χ1n) is 10.5. The van der Waals surface area contributed by atoms with Crippen LogP contribution < -0.4 is 10.1 Å². The van der Waals surface area contributed by atoms with Gasteiger partial charge in [0.25, 0.3) is 10.1 Å². The van der Waals surface area contributed by atoms with E-state index in [1.165, 1.54) is 13.2 Å². The van der Waals surface area contributed by atoms with Gasteiger partial charge in [-0.25, -0.2) is 12.6 Å². The van der Waals surface area contributed by atoms with Gasteiger partial charge in [-0.3, -0.25) is 9.11 Å². The summed E-state index contributed by atoms with van der Waals surface area (Å²) in [4.78, 5) is -1.10. The lowest BCUT2D eigenvalue weighted by molar-refractivity contribution is 0.284. The minimum absolute atomic E-state index is 0.0158. The Hall–Kier alpha value is -3.35. The molecule has 0 saturated carbocycles. The molecule has 0 unspecified atom stereocenters. The highest BCUT2D eigenvalue weighted by Gasteiger charge is 2.24. The van der Waals surface area contributed by atoms with Gasteiger partial charge >= 0.3 is 10.4 Å². The molecule has 0 atom stereocenters. The summed E-state index contributed by atoms with van der Waals surface area (Å²) < 4.78 is 98.5. The average molecular weight is 590 g/mol. The van der Waals surface area contributed by atoms with E-state index in [2.05, 4.69) is 19.7 Å². The fourth-order valence-corrected chi connectivity index (χ4v) is 5.70. The van der Waals surface area contributed by atoms with E-state index in [0.717, 1.165) is 23.8 Å². The van der Waals surface area contributed by atoms with Crippen molar-refractivity contribution >= 4 is 58.2 Å². The zero-order valence-electron chi connectivity index (χ0n) is 20.1. The maximum Gasteiger partial charge on any atom is 0.397 e. The van der Waals surface area contributed by atoms with Crippen molar-refractivity contribution in [1.82, 2.24) is 0 Å². The Bertz CT molecular complexity index is 1750. The van der Waals surface area contributed by atoms with Crippen molar-refractivity contribution in [3.63, 3.8) is 0 Å².